The number of nitrogens with two attached hydrogens (primary N) is 2. The Kier molecular flexibility index (Phi) is 4.49. The van der Waals surface area contributed by atoms with E-state index in [1.54, 1.807) is 0 Å². The molecular formula is C11H11F3N2O3. The van der Waals surface area contributed by atoms with Gasteiger partial charge in [0, 0.05) is 6.07 Å². The molecule has 0 saturated heterocycles. The normalized spacial score (nSPS) is 13.9. The number of primary amides is 1. The number of rotatable bonds is 5. The zero-order valence-corrected chi connectivity index (χ0v) is 9.57. The molecule has 0 aromatic heterocycles. The lowest BCUT2D eigenvalue weighted by molar-refractivity contribution is -0.142. The molecule has 0 bridgehead atoms. The van der Waals surface area contributed by atoms with Crippen molar-refractivity contribution in [1.82, 2.24) is 0 Å². The third kappa shape index (κ3) is 3.44. The number of benzene rings is 1. The van der Waals surface area contributed by atoms with E-state index in [1.807, 2.05) is 0 Å². The minimum atomic E-state index is -1.66. The van der Waals surface area contributed by atoms with Gasteiger partial charge in [-0.05, 0) is 18.1 Å². The molecule has 5 nitrogen and oxygen atoms in total. The molecule has 8 heteroatoms. The average Bonchev–Trinajstić information content (AvgIpc) is 2.30. The van der Waals surface area contributed by atoms with Gasteiger partial charge in [-0.25, -0.2) is 13.2 Å². The SMILES string of the molecule is NC(=O)C(Cc1cc(F)c(F)cc1F)[C@@H](N)C(=O)O. The van der Waals surface area contributed by atoms with Gasteiger partial charge >= 0.3 is 5.97 Å². The first-order valence-corrected chi connectivity index (χ1v) is 5.15. The Hall–Kier alpha value is -2.09. The van der Waals surface area contributed by atoms with E-state index in [1.165, 1.54) is 0 Å². The maximum atomic E-state index is 13.4. The summed E-state index contributed by atoms with van der Waals surface area (Å²) in [6.45, 7) is 0. The average molecular weight is 276 g/mol. The largest absolute Gasteiger partial charge is 0.480 e. The van der Waals surface area contributed by atoms with E-state index in [0.29, 0.717) is 12.1 Å². The number of hydrogen-bond donors (Lipinski definition) is 3. The minimum Gasteiger partial charge on any atom is -0.480 e. The fraction of sp³-hybridized carbons (Fsp3) is 0.273. The molecule has 1 rings (SSSR count). The van der Waals surface area contributed by atoms with Crippen molar-refractivity contribution >= 4 is 11.9 Å². The smallest absolute Gasteiger partial charge is 0.321 e. The quantitative estimate of drug-likeness (QED) is 0.666. The molecular weight excluding hydrogens is 265 g/mol. The van der Waals surface area contributed by atoms with Gasteiger partial charge in [-0.2, -0.15) is 0 Å². The number of carbonyl (C=O) groups is 2. The van der Waals surface area contributed by atoms with Crippen LogP contribution in [0.5, 0.6) is 0 Å². The second-order valence-electron chi connectivity index (χ2n) is 3.93. The Morgan fingerprint density at radius 1 is 1.16 bits per heavy atom. The van der Waals surface area contributed by atoms with Gasteiger partial charge in [0.25, 0.3) is 0 Å². The Balaban J connectivity index is 3.07. The summed E-state index contributed by atoms with van der Waals surface area (Å²) in [6.07, 6.45) is -0.536. The summed E-state index contributed by atoms with van der Waals surface area (Å²) in [5.74, 6) is -7.83. The van der Waals surface area contributed by atoms with Crippen LogP contribution in [0.25, 0.3) is 0 Å². The summed E-state index contributed by atoms with van der Waals surface area (Å²) in [5, 5.41) is 8.69. The lowest BCUT2D eigenvalue weighted by Crippen LogP contribution is -2.45. The number of hydrogen-bond acceptors (Lipinski definition) is 3. The predicted molar refractivity (Wildman–Crippen MR) is 58.3 cm³/mol. The van der Waals surface area contributed by atoms with Gasteiger partial charge in [0.1, 0.15) is 11.9 Å². The van der Waals surface area contributed by atoms with E-state index < -0.39 is 47.7 Å². The summed E-state index contributed by atoms with van der Waals surface area (Å²) < 4.78 is 39.1. The standard InChI is InChI=1S/C11H11F3N2O3/c12-6-3-8(14)7(13)2-4(6)1-5(10(16)17)9(15)11(18)19/h2-3,5,9H,1,15H2,(H2,16,17)(H,18,19)/t5?,9-/m1/s1. The predicted octanol–water partition coefficient (Wildman–Crippen LogP) is 0.160. The van der Waals surface area contributed by atoms with Gasteiger partial charge in [-0.15, -0.1) is 0 Å². The first-order chi connectivity index (χ1) is 8.73. The Morgan fingerprint density at radius 2 is 1.68 bits per heavy atom. The molecule has 2 atom stereocenters. The summed E-state index contributed by atoms with van der Waals surface area (Å²) in [4.78, 5) is 21.8. The van der Waals surface area contributed by atoms with Crippen LogP contribution in [0, 0.1) is 23.4 Å². The molecule has 0 saturated carbocycles. The van der Waals surface area contributed by atoms with Crippen LogP contribution >= 0.6 is 0 Å². The van der Waals surface area contributed by atoms with Crippen molar-refractivity contribution in [2.24, 2.45) is 17.4 Å². The summed E-state index contributed by atoms with van der Waals surface area (Å²) in [5.41, 5.74) is 9.83. The molecule has 1 aromatic rings. The lowest BCUT2D eigenvalue weighted by atomic mass is 9.91. The molecule has 0 aliphatic heterocycles. The van der Waals surface area contributed by atoms with Gasteiger partial charge < -0.3 is 16.6 Å². The highest BCUT2D eigenvalue weighted by Gasteiger charge is 2.30. The number of carboxylic acids is 1. The molecule has 0 aliphatic rings. The highest BCUT2D eigenvalue weighted by atomic mass is 19.2. The van der Waals surface area contributed by atoms with E-state index in [0.717, 1.165) is 0 Å². The molecule has 1 aromatic carbocycles. The molecule has 0 spiro atoms. The highest BCUT2D eigenvalue weighted by Crippen LogP contribution is 2.18. The van der Waals surface area contributed by atoms with Crippen LogP contribution in [-0.4, -0.2) is 23.0 Å². The van der Waals surface area contributed by atoms with Crippen molar-refractivity contribution in [3.05, 3.63) is 35.1 Å². The number of carboxylic acid groups (broad SMARTS) is 1. The number of halogens is 3. The van der Waals surface area contributed by atoms with Crippen molar-refractivity contribution in [3.63, 3.8) is 0 Å². The Morgan fingerprint density at radius 3 is 2.16 bits per heavy atom. The second-order valence-corrected chi connectivity index (χ2v) is 3.93. The van der Waals surface area contributed by atoms with Crippen molar-refractivity contribution in [1.29, 1.82) is 0 Å². The summed E-state index contributed by atoms with van der Waals surface area (Å²) >= 11 is 0. The van der Waals surface area contributed by atoms with Crippen LogP contribution in [0.2, 0.25) is 0 Å². The van der Waals surface area contributed by atoms with Gasteiger partial charge in [0.05, 0.1) is 5.92 Å². The van der Waals surface area contributed by atoms with Crippen LogP contribution in [0.1, 0.15) is 5.56 Å². The zero-order chi connectivity index (χ0) is 14.7. The van der Waals surface area contributed by atoms with E-state index in [9.17, 15) is 22.8 Å². The monoisotopic (exact) mass is 276 g/mol. The lowest BCUT2D eigenvalue weighted by Gasteiger charge is -2.17. The zero-order valence-electron chi connectivity index (χ0n) is 9.57. The number of amides is 1. The van der Waals surface area contributed by atoms with Crippen molar-refractivity contribution in [2.45, 2.75) is 12.5 Å². The van der Waals surface area contributed by atoms with E-state index >= 15 is 0 Å². The molecule has 0 aliphatic carbocycles. The maximum absolute atomic E-state index is 13.4. The molecule has 1 amide bonds. The van der Waals surface area contributed by atoms with Crippen molar-refractivity contribution in [2.75, 3.05) is 0 Å². The fourth-order valence-corrected chi connectivity index (χ4v) is 1.53. The third-order valence-corrected chi connectivity index (χ3v) is 2.61. The summed E-state index contributed by atoms with van der Waals surface area (Å²) in [7, 11) is 0. The number of carbonyl (C=O) groups excluding carboxylic acids is 1. The van der Waals surface area contributed by atoms with Crippen LogP contribution in [0.15, 0.2) is 12.1 Å². The maximum Gasteiger partial charge on any atom is 0.321 e. The highest BCUT2D eigenvalue weighted by molar-refractivity contribution is 5.85. The van der Waals surface area contributed by atoms with Crippen LogP contribution < -0.4 is 11.5 Å². The molecule has 5 N–H and O–H groups in total. The topological polar surface area (TPSA) is 106 Å². The third-order valence-electron chi connectivity index (χ3n) is 2.61. The van der Waals surface area contributed by atoms with Crippen LogP contribution in [0.4, 0.5) is 13.2 Å². The molecule has 104 valence electrons. The first kappa shape index (κ1) is 15.0. The first-order valence-electron chi connectivity index (χ1n) is 5.15. The Labute approximate surface area is 106 Å². The summed E-state index contributed by atoms with van der Waals surface area (Å²) in [6, 6.07) is -0.825. The molecule has 19 heavy (non-hydrogen) atoms. The van der Waals surface area contributed by atoms with E-state index in [-0.39, 0.29) is 5.56 Å². The molecule has 0 radical (unpaired) electrons. The minimum absolute atomic E-state index is 0.301. The molecule has 0 fully saturated rings. The van der Waals surface area contributed by atoms with Crippen molar-refractivity contribution < 1.29 is 27.9 Å². The van der Waals surface area contributed by atoms with Crippen LogP contribution in [-0.2, 0) is 16.0 Å². The van der Waals surface area contributed by atoms with Gasteiger partial charge in [0.2, 0.25) is 5.91 Å². The van der Waals surface area contributed by atoms with Gasteiger partial charge in [-0.3, -0.25) is 9.59 Å². The number of aliphatic carboxylic acids is 1. The second kappa shape index (κ2) is 5.70. The fourth-order valence-electron chi connectivity index (χ4n) is 1.53. The van der Waals surface area contributed by atoms with E-state index in [2.05, 4.69) is 0 Å². The Bertz CT molecular complexity index is 522. The van der Waals surface area contributed by atoms with Gasteiger partial charge in [-0.1, -0.05) is 0 Å². The van der Waals surface area contributed by atoms with Crippen molar-refractivity contribution in [3.8, 4) is 0 Å². The van der Waals surface area contributed by atoms with Gasteiger partial charge in [0.15, 0.2) is 11.6 Å². The van der Waals surface area contributed by atoms with Crippen LogP contribution in [0.3, 0.4) is 0 Å². The van der Waals surface area contributed by atoms with E-state index in [4.69, 9.17) is 16.6 Å². The molecule has 0 heterocycles. The molecule has 1 unspecified atom stereocenters.